The zero-order chi connectivity index (χ0) is 30.8. The van der Waals surface area contributed by atoms with E-state index in [0.29, 0.717) is 6.07 Å². The molecule has 4 aromatic rings. The molecule has 0 atom stereocenters. The number of nitrogens with zero attached hydrogens (tertiary/aromatic N) is 5. The maximum absolute atomic E-state index is 16.4. The van der Waals surface area contributed by atoms with Crippen molar-refractivity contribution in [2.45, 2.75) is 32.0 Å². The number of pyridine rings is 1. The monoisotopic (exact) mass is 598 g/mol. The zero-order valence-corrected chi connectivity index (χ0v) is 21.8. The highest BCUT2D eigenvalue weighted by Gasteiger charge is 2.36. The number of benzene rings is 2. The number of esters is 1. The van der Waals surface area contributed by atoms with Crippen molar-refractivity contribution in [2.75, 3.05) is 13.2 Å². The van der Waals surface area contributed by atoms with Crippen molar-refractivity contribution in [3.63, 3.8) is 0 Å². The number of rotatable bonds is 9. The van der Waals surface area contributed by atoms with Crippen LogP contribution in [0.1, 0.15) is 26.0 Å². The molecule has 2 aromatic heterocycles. The topological polar surface area (TPSA) is 118 Å². The molecule has 0 aliphatic heterocycles. The number of nitrogens with two attached hydrogens (primary N) is 1. The van der Waals surface area contributed by atoms with Gasteiger partial charge >= 0.3 is 12.1 Å². The average Bonchev–Trinajstić information content (AvgIpc) is 3.41. The Morgan fingerprint density at radius 2 is 1.71 bits per heavy atom. The molecule has 0 saturated heterocycles. The quantitative estimate of drug-likeness (QED) is 0.162. The minimum atomic E-state index is -4.72. The van der Waals surface area contributed by atoms with Gasteiger partial charge in [-0.15, -0.1) is 5.10 Å². The second-order valence-corrected chi connectivity index (χ2v) is 9.30. The molecular weight excluding hydrogens is 577 g/mol. The fourth-order valence-electron chi connectivity index (χ4n) is 4.07. The molecule has 0 bridgehead atoms. The summed E-state index contributed by atoms with van der Waals surface area (Å²) in [5, 5.41) is 10.5. The standard InChI is InChI=1S/C26H21F7N6O3/c1-25(2,42-19(40)7-8-34)23-22(39-12-35-37-38-39)21(29)20(24(30)36-23)16-6-4-14(41-11-26(31,32)33)10-17(16)15-5-3-13(27)9-18(15)28/h3-6,9-10,12H,7-8,11,34H2,1-2H3. The third-order valence-corrected chi connectivity index (χ3v) is 5.82. The number of hydrogen-bond donors (Lipinski definition) is 1. The number of hydrogen-bond acceptors (Lipinski definition) is 8. The van der Waals surface area contributed by atoms with Gasteiger partial charge in [0.05, 0.1) is 12.0 Å². The summed E-state index contributed by atoms with van der Waals surface area (Å²) in [7, 11) is 0. The first-order valence-electron chi connectivity index (χ1n) is 12.1. The molecule has 2 aromatic carbocycles. The first-order chi connectivity index (χ1) is 19.7. The van der Waals surface area contributed by atoms with Crippen LogP contribution >= 0.6 is 0 Å². The van der Waals surface area contributed by atoms with E-state index in [9.17, 15) is 26.7 Å². The van der Waals surface area contributed by atoms with Gasteiger partial charge < -0.3 is 15.2 Å². The first-order valence-corrected chi connectivity index (χ1v) is 12.1. The third kappa shape index (κ3) is 6.48. The maximum Gasteiger partial charge on any atom is 0.422 e. The number of halogens is 7. The molecule has 222 valence electrons. The Morgan fingerprint density at radius 1 is 1.00 bits per heavy atom. The maximum atomic E-state index is 16.4. The van der Waals surface area contributed by atoms with Crippen LogP contribution in [0.15, 0.2) is 42.7 Å². The molecule has 4 rings (SSSR count). The first kappa shape index (κ1) is 30.4. The van der Waals surface area contributed by atoms with Crippen molar-refractivity contribution in [2.24, 2.45) is 5.73 Å². The van der Waals surface area contributed by atoms with Gasteiger partial charge in [0.25, 0.3) is 0 Å². The van der Waals surface area contributed by atoms with E-state index < -0.39 is 76.0 Å². The summed E-state index contributed by atoms with van der Waals surface area (Å²) in [6.45, 7) is 0.845. The molecule has 0 aliphatic carbocycles. The van der Waals surface area contributed by atoms with Crippen LogP contribution in [0.2, 0.25) is 0 Å². The Bertz CT molecular complexity index is 1610. The van der Waals surface area contributed by atoms with E-state index in [-0.39, 0.29) is 24.1 Å². The van der Waals surface area contributed by atoms with Gasteiger partial charge in [-0.2, -0.15) is 22.2 Å². The largest absolute Gasteiger partial charge is 0.484 e. The number of carbonyl (C=O) groups excluding carboxylic acids is 1. The minimum Gasteiger partial charge on any atom is -0.484 e. The predicted molar refractivity (Wildman–Crippen MR) is 132 cm³/mol. The van der Waals surface area contributed by atoms with Crippen molar-refractivity contribution in [3.8, 4) is 33.7 Å². The smallest absolute Gasteiger partial charge is 0.422 e. The lowest BCUT2D eigenvalue weighted by Crippen LogP contribution is -2.30. The van der Waals surface area contributed by atoms with Gasteiger partial charge in [0.15, 0.2) is 18.0 Å². The molecule has 0 aliphatic rings. The van der Waals surface area contributed by atoms with Crippen molar-refractivity contribution in [1.82, 2.24) is 25.2 Å². The van der Waals surface area contributed by atoms with Crippen molar-refractivity contribution >= 4 is 5.97 Å². The fraction of sp³-hybridized carbons (Fsp3) is 0.269. The van der Waals surface area contributed by atoms with E-state index in [1.54, 1.807) is 0 Å². The number of aromatic nitrogens is 5. The summed E-state index contributed by atoms with van der Waals surface area (Å²) in [6, 6.07) is 5.16. The summed E-state index contributed by atoms with van der Waals surface area (Å²) < 4.78 is 110. The Morgan fingerprint density at radius 3 is 2.33 bits per heavy atom. The second kappa shape index (κ2) is 11.7. The van der Waals surface area contributed by atoms with Crippen molar-refractivity contribution in [1.29, 1.82) is 0 Å². The van der Waals surface area contributed by atoms with E-state index in [0.717, 1.165) is 41.3 Å². The summed E-state index contributed by atoms with van der Waals surface area (Å²) in [5.74, 6) is -6.17. The van der Waals surface area contributed by atoms with E-state index in [4.69, 9.17) is 15.2 Å². The van der Waals surface area contributed by atoms with E-state index in [2.05, 4.69) is 20.5 Å². The Kier molecular flexibility index (Phi) is 8.47. The summed E-state index contributed by atoms with van der Waals surface area (Å²) >= 11 is 0. The summed E-state index contributed by atoms with van der Waals surface area (Å²) in [5.41, 5.74) is 0.612. The lowest BCUT2D eigenvalue weighted by atomic mass is 9.92. The van der Waals surface area contributed by atoms with Crippen LogP contribution in [0.3, 0.4) is 0 Å². The van der Waals surface area contributed by atoms with Gasteiger partial charge in [-0.05, 0) is 65.7 Å². The fourth-order valence-corrected chi connectivity index (χ4v) is 4.07. The highest BCUT2D eigenvalue weighted by Crippen LogP contribution is 2.42. The SMILES string of the molecule is CC(C)(OC(=O)CCN)c1nc(F)c(-c2ccc(OCC(F)(F)F)cc2-c2ccc(F)cc2F)c(F)c1-n1cnnn1. The summed E-state index contributed by atoms with van der Waals surface area (Å²) in [6.07, 6.45) is -3.97. The van der Waals surface area contributed by atoms with Gasteiger partial charge in [0, 0.05) is 18.2 Å². The lowest BCUT2D eigenvalue weighted by Gasteiger charge is -2.27. The van der Waals surface area contributed by atoms with Gasteiger partial charge in [-0.25, -0.2) is 18.2 Å². The van der Waals surface area contributed by atoms with E-state index >= 15 is 8.78 Å². The highest BCUT2D eigenvalue weighted by molar-refractivity contribution is 5.86. The van der Waals surface area contributed by atoms with E-state index in [1.807, 2.05) is 0 Å². The zero-order valence-electron chi connectivity index (χ0n) is 21.8. The average molecular weight is 598 g/mol. The number of carbonyl (C=O) groups is 1. The van der Waals surface area contributed by atoms with Gasteiger partial charge in [-0.3, -0.25) is 4.79 Å². The van der Waals surface area contributed by atoms with Crippen LogP contribution in [-0.2, 0) is 15.1 Å². The van der Waals surface area contributed by atoms with Crippen LogP contribution in [0, 0.1) is 23.4 Å². The molecule has 0 spiro atoms. The minimum absolute atomic E-state index is 0.0603. The lowest BCUT2D eigenvalue weighted by molar-refractivity contribution is -0.157. The van der Waals surface area contributed by atoms with Crippen LogP contribution in [0.5, 0.6) is 5.75 Å². The Hall–Kier alpha value is -4.60. The van der Waals surface area contributed by atoms with Gasteiger partial charge in [0.2, 0.25) is 5.95 Å². The second-order valence-electron chi connectivity index (χ2n) is 9.30. The molecule has 0 amide bonds. The molecule has 9 nitrogen and oxygen atoms in total. The molecule has 16 heteroatoms. The molecular formula is C26H21F7N6O3. The van der Waals surface area contributed by atoms with Crippen molar-refractivity contribution < 1.29 is 45.0 Å². The van der Waals surface area contributed by atoms with E-state index in [1.165, 1.54) is 13.8 Å². The molecule has 2 heterocycles. The number of alkyl halides is 3. The van der Waals surface area contributed by atoms with Crippen LogP contribution in [0.4, 0.5) is 30.7 Å². The highest BCUT2D eigenvalue weighted by atomic mass is 19.4. The normalized spacial score (nSPS) is 12.0. The van der Waals surface area contributed by atoms with Gasteiger partial charge in [-0.1, -0.05) is 0 Å². The molecule has 42 heavy (non-hydrogen) atoms. The molecule has 0 fully saturated rings. The van der Waals surface area contributed by atoms with Crippen LogP contribution < -0.4 is 10.5 Å². The molecule has 0 unspecified atom stereocenters. The molecule has 0 radical (unpaired) electrons. The van der Waals surface area contributed by atoms with Crippen molar-refractivity contribution in [3.05, 3.63) is 71.8 Å². The van der Waals surface area contributed by atoms with Crippen LogP contribution in [0.25, 0.3) is 27.9 Å². The summed E-state index contributed by atoms with van der Waals surface area (Å²) in [4.78, 5) is 16.0. The number of ether oxygens (including phenoxy) is 2. The third-order valence-electron chi connectivity index (χ3n) is 5.82. The van der Waals surface area contributed by atoms with Crippen LogP contribution in [-0.4, -0.2) is 50.5 Å². The van der Waals surface area contributed by atoms with Gasteiger partial charge in [0.1, 0.15) is 35.1 Å². The number of tetrazole rings is 1. The molecule has 2 N–H and O–H groups in total. The Labute approximate surface area is 233 Å². The predicted octanol–water partition coefficient (Wildman–Crippen LogP) is 5.02. The molecule has 0 saturated carbocycles. The Balaban J connectivity index is 1.98.